The van der Waals surface area contributed by atoms with Crippen LogP contribution in [0.15, 0.2) is 30.3 Å². The van der Waals surface area contributed by atoms with Gasteiger partial charge < -0.3 is 5.32 Å². The van der Waals surface area contributed by atoms with Crippen molar-refractivity contribution >= 4 is 10.2 Å². The third kappa shape index (κ3) is 3.58. The van der Waals surface area contributed by atoms with Crippen LogP contribution in [0.5, 0.6) is 0 Å². The summed E-state index contributed by atoms with van der Waals surface area (Å²) in [5.74, 6) is 0. The molecule has 5 nitrogen and oxygen atoms in total. The molecule has 112 valence electrons. The van der Waals surface area contributed by atoms with E-state index in [1.807, 2.05) is 30.3 Å². The van der Waals surface area contributed by atoms with Crippen LogP contribution in [0.4, 0.5) is 0 Å². The Bertz CT molecular complexity index is 512. The van der Waals surface area contributed by atoms with Crippen LogP contribution in [0.2, 0.25) is 0 Å². The predicted octanol–water partition coefficient (Wildman–Crippen LogP) is 1.05. The highest BCUT2D eigenvalue weighted by Gasteiger charge is 2.30. The molecule has 1 saturated heterocycles. The molecule has 6 heteroatoms. The highest BCUT2D eigenvalue weighted by molar-refractivity contribution is 7.86. The average Bonchev–Trinajstić information content (AvgIpc) is 2.48. The van der Waals surface area contributed by atoms with E-state index in [-0.39, 0.29) is 6.04 Å². The zero-order valence-electron chi connectivity index (χ0n) is 12.1. The third-order valence-electron chi connectivity index (χ3n) is 3.83. The number of hydrogen-bond donors (Lipinski definition) is 1. The van der Waals surface area contributed by atoms with Crippen molar-refractivity contribution in [3.8, 4) is 0 Å². The molecule has 1 fully saturated rings. The Morgan fingerprint density at radius 2 is 1.75 bits per heavy atom. The lowest BCUT2D eigenvalue weighted by Crippen LogP contribution is -2.48. The highest BCUT2D eigenvalue weighted by Crippen LogP contribution is 2.17. The van der Waals surface area contributed by atoms with Crippen LogP contribution < -0.4 is 5.32 Å². The zero-order chi connectivity index (χ0) is 14.6. The Kier molecular flexibility index (Phi) is 5.15. The smallest absolute Gasteiger partial charge is 0.282 e. The van der Waals surface area contributed by atoms with Crippen LogP contribution >= 0.6 is 0 Å². The molecule has 0 radical (unpaired) electrons. The Balaban J connectivity index is 2.04. The minimum Gasteiger partial charge on any atom is -0.317 e. The van der Waals surface area contributed by atoms with Crippen LogP contribution in [0, 0.1) is 0 Å². The van der Waals surface area contributed by atoms with Gasteiger partial charge in [-0.3, -0.25) is 0 Å². The van der Waals surface area contributed by atoms with Gasteiger partial charge in [-0.25, -0.2) is 0 Å². The Morgan fingerprint density at radius 3 is 2.35 bits per heavy atom. The van der Waals surface area contributed by atoms with Crippen molar-refractivity contribution in [1.29, 1.82) is 0 Å². The van der Waals surface area contributed by atoms with Crippen molar-refractivity contribution in [3.05, 3.63) is 35.9 Å². The van der Waals surface area contributed by atoms with E-state index < -0.39 is 10.2 Å². The summed E-state index contributed by atoms with van der Waals surface area (Å²) < 4.78 is 28.1. The van der Waals surface area contributed by atoms with Crippen LogP contribution in [0.1, 0.15) is 18.4 Å². The van der Waals surface area contributed by atoms with Crippen molar-refractivity contribution in [2.75, 3.05) is 27.2 Å². The van der Waals surface area contributed by atoms with Gasteiger partial charge >= 0.3 is 0 Å². The van der Waals surface area contributed by atoms with Crippen molar-refractivity contribution in [2.45, 2.75) is 25.4 Å². The van der Waals surface area contributed by atoms with Gasteiger partial charge in [0, 0.05) is 26.7 Å². The molecule has 0 atom stereocenters. The molecule has 20 heavy (non-hydrogen) atoms. The van der Waals surface area contributed by atoms with E-state index in [0.29, 0.717) is 6.54 Å². The van der Waals surface area contributed by atoms with E-state index >= 15 is 0 Å². The molecule has 1 heterocycles. The summed E-state index contributed by atoms with van der Waals surface area (Å²) in [6.07, 6.45) is 1.74. The number of piperidine rings is 1. The lowest BCUT2D eigenvalue weighted by atomic mass is 10.1. The minimum absolute atomic E-state index is 0.0967. The molecule has 1 aliphatic heterocycles. The number of nitrogens with zero attached hydrogens (tertiary/aromatic N) is 2. The molecule has 0 amide bonds. The fourth-order valence-corrected chi connectivity index (χ4v) is 3.84. The summed E-state index contributed by atoms with van der Waals surface area (Å²) in [5, 5.41) is 3.26. The largest absolute Gasteiger partial charge is 0.317 e. The van der Waals surface area contributed by atoms with E-state index in [1.54, 1.807) is 14.1 Å². The monoisotopic (exact) mass is 297 g/mol. The summed E-state index contributed by atoms with van der Waals surface area (Å²) >= 11 is 0. The first kappa shape index (κ1) is 15.4. The van der Waals surface area contributed by atoms with Crippen LogP contribution in [-0.2, 0) is 16.8 Å². The van der Waals surface area contributed by atoms with Crippen molar-refractivity contribution < 1.29 is 8.42 Å². The fraction of sp³-hybridized carbons (Fsp3) is 0.571. The van der Waals surface area contributed by atoms with Gasteiger partial charge in [-0.1, -0.05) is 30.3 Å². The van der Waals surface area contributed by atoms with Crippen molar-refractivity contribution in [3.63, 3.8) is 0 Å². The highest BCUT2D eigenvalue weighted by atomic mass is 32.2. The third-order valence-corrected chi connectivity index (χ3v) is 5.77. The number of hydrogen-bond acceptors (Lipinski definition) is 3. The fourth-order valence-electron chi connectivity index (χ4n) is 2.50. The maximum atomic E-state index is 12.6. The first-order valence-electron chi connectivity index (χ1n) is 6.96. The summed E-state index contributed by atoms with van der Waals surface area (Å²) in [5.41, 5.74) is 0.997. The first-order valence-corrected chi connectivity index (χ1v) is 8.35. The standard InChI is InChI=1S/C14H23N3O2S/c1-16(12-13-6-4-3-5-7-13)20(18,19)17(2)14-8-10-15-11-9-14/h3-7,14-15H,8-12H2,1-2H3. The zero-order valence-corrected chi connectivity index (χ0v) is 12.9. The molecule has 0 spiro atoms. The molecule has 0 unspecified atom stereocenters. The maximum Gasteiger partial charge on any atom is 0.282 e. The van der Waals surface area contributed by atoms with E-state index in [9.17, 15) is 8.42 Å². The second-order valence-electron chi connectivity index (χ2n) is 5.25. The number of nitrogens with one attached hydrogen (secondary N) is 1. The van der Waals surface area contributed by atoms with Gasteiger partial charge in [-0.2, -0.15) is 17.0 Å². The molecular formula is C14H23N3O2S. The molecule has 1 aromatic carbocycles. The second-order valence-corrected chi connectivity index (χ2v) is 7.34. The molecule has 1 aliphatic rings. The molecule has 0 bridgehead atoms. The predicted molar refractivity (Wildman–Crippen MR) is 80.5 cm³/mol. The van der Waals surface area contributed by atoms with Crippen LogP contribution in [0.25, 0.3) is 0 Å². The first-order chi connectivity index (χ1) is 9.51. The molecular weight excluding hydrogens is 274 g/mol. The van der Waals surface area contributed by atoms with Gasteiger partial charge in [-0.15, -0.1) is 0 Å². The molecule has 2 rings (SSSR count). The topological polar surface area (TPSA) is 52.7 Å². The summed E-state index contributed by atoms with van der Waals surface area (Å²) in [6.45, 7) is 2.17. The van der Waals surface area contributed by atoms with Gasteiger partial charge in [0.25, 0.3) is 10.2 Å². The van der Waals surface area contributed by atoms with Gasteiger partial charge in [0.1, 0.15) is 0 Å². The minimum atomic E-state index is -3.40. The summed E-state index contributed by atoms with van der Waals surface area (Å²) in [6, 6.07) is 9.75. The van der Waals surface area contributed by atoms with Crippen molar-refractivity contribution in [2.24, 2.45) is 0 Å². The van der Waals surface area contributed by atoms with Gasteiger partial charge in [-0.05, 0) is 31.5 Å². The SMILES string of the molecule is CN(Cc1ccccc1)S(=O)(=O)N(C)C1CCNCC1. The quantitative estimate of drug-likeness (QED) is 0.884. The van der Waals surface area contributed by atoms with E-state index in [4.69, 9.17) is 0 Å². The molecule has 0 aromatic heterocycles. The van der Waals surface area contributed by atoms with E-state index in [2.05, 4.69) is 5.32 Å². The molecule has 0 saturated carbocycles. The number of benzene rings is 1. The van der Waals surface area contributed by atoms with Crippen molar-refractivity contribution in [1.82, 2.24) is 13.9 Å². The molecule has 0 aliphatic carbocycles. The summed E-state index contributed by atoms with van der Waals surface area (Å²) in [7, 11) is -0.0718. The van der Waals surface area contributed by atoms with Crippen LogP contribution in [-0.4, -0.2) is 50.3 Å². The molecule has 1 N–H and O–H groups in total. The lowest BCUT2D eigenvalue weighted by Gasteiger charge is -2.33. The lowest BCUT2D eigenvalue weighted by molar-refractivity contribution is 0.277. The Morgan fingerprint density at radius 1 is 1.15 bits per heavy atom. The maximum absolute atomic E-state index is 12.6. The normalized spacial score (nSPS) is 17.8. The Hall–Kier alpha value is -0.950. The van der Waals surface area contributed by atoms with Gasteiger partial charge in [0.05, 0.1) is 0 Å². The summed E-state index contributed by atoms with van der Waals surface area (Å²) in [4.78, 5) is 0. The van der Waals surface area contributed by atoms with Gasteiger partial charge in [0.2, 0.25) is 0 Å². The Labute approximate surface area is 121 Å². The van der Waals surface area contributed by atoms with E-state index in [1.165, 1.54) is 8.61 Å². The number of rotatable bonds is 5. The average molecular weight is 297 g/mol. The van der Waals surface area contributed by atoms with Crippen LogP contribution in [0.3, 0.4) is 0 Å². The second kappa shape index (κ2) is 6.67. The molecule has 1 aromatic rings. The van der Waals surface area contributed by atoms with E-state index in [0.717, 1.165) is 31.5 Å². The van der Waals surface area contributed by atoms with Gasteiger partial charge in [0.15, 0.2) is 0 Å².